The van der Waals surface area contributed by atoms with Crippen LogP contribution in [0.4, 0.5) is 11.6 Å². The maximum Gasteiger partial charge on any atom is 0.337 e. The first-order valence-electron chi connectivity index (χ1n) is 7.98. The van der Waals surface area contributed by atoms with Gasteiger partial charge in [0, 0.05) is 11.8 Å². The van der Waals surface area contributed by atoms with Crippen LogP contribution in [0, 0.1) is 11.3 Å². The van der Waals surface area contributed by atoms with Crippen molar-refractivity contribution >= 4 is 29.2 Å². The van der Waals surface area contributed by atoms with Crippen LogP contribution in [0.25, 0.3) is 11.3 Å². The number of carbonyl (C=O) groups is 1. The highest BCUT2D eigenvalue weighted by molar-refractivity contribution is 6.32. The highest BCUT2D eigenvalue weighted by atomic mass is 35.5. The molecule has 0 aliphatic heterocycles. The Hall–Kier alpha value is -3.44. The molecular weight excluding hydrogens is 368 g/mol. The molecule has 0 unspecified atom stereocenters. The number of hydrogen-bond donors (Lipinski definition) is 1. The summed E-state index contributed by atoms with van der Waals surface area (Å²) in [5, 5.41) is 16.2. The molecule has 0 saturated heterocycles. The number of nitriles is 1. The van der Waals surface area contributed by atoms with Crippen LogP contribution < -0.4 is 5.32 Å². The van der Waals surface area contributed by atoms with Gasteiger partial charge < -0.3 is 10.1 Å². The summed E-state index contributed by atoms with van der Waals surface area (Å²) in [5.41, 5.74) is 2.40. The predicted octanol–water partition coefficient (Wildman–Crippen LogP) is 3.44. The summed E-state index contributed by atoms with van der Waals surface area (Å²) in [5.74, 6) is -0.0580. The molecule has 8 nitrogen and oxygen atoms in total. The summed E-state index contributed by atoms with van der Waals surface area (Å²) < 4.78 is 6.35. The average Bonchev–Trinajstić information content (AvgIpc) is 3.14. The van der Waals surface area contributed by atoms with Gasteiger partial charge in [-0.3, -0.25) is 4.68 Å². The third-order valence-electron chi connectivity index (χ3n) is 3.67. The zero-order valence-electron chi connectivity index (χ0n) is 14.4. The van der Waals surface area contributed by atoms with Gasteiger partial charge in [0.25, 0.3) is 0 Å². The van der Waals surface area contributed by atoms with Crippen molar-refractivity contribution in [2.45, 2.75) is 13.0 Å². The standard InChI is InChI=1S/C18H15ClN6O2/c1-27-17(26)13-5-3-12(4-6-13)16-15(19)10-21-18(24-16)23-14-9-22-25(11-14)8-2-7-20/h3-6,9-11H,2,8H2,1H3,(H,21,23,24). The monoisotopic (exact) mass is 382 g/mol. The van der Waals surface area contributed by atoms with Crippen molar-refractivity contribution in [2.24, 2.45) is 0 Å². The van der Waals surface area contributed by atoms with E-state index in [9.17, 15) is 4.79 Å². The van der Waals surface area contributed by atoms with Crippen molar-refractivity contribution < 1.29 is 9.53 Å². The van der Waals surface area contributed by atoms with Gasteiger partial charge >= 0.3 is 5.97 Å². The van der Waals surface area contributed by atoms with E-state index in [4.69, 9.17) is 21.6 Å². The topological polar surface area (TPSA) is 106 Å². The molecule has 136 valence electrons. The van der Waals surface area contributed by atoms with Gasteiger partial charge in [0.1, 0.15) is 0 Å². The van der Waals surface area contributed by atoms with Crippen LogP contribution in [0.3, 0.4) is 0 Å². The lowest BCUT2D eigenvalue weighted by molar-refractivity contribution is 0.0601. The molecule has 0 aliphatic carbocycles. The fourth-order valence-electron chi connectivity index (χ4n) is 2.36. The van der Waals surface area contributed by atoms with Gasteiger partial charge in [0.05, 0.1) is 60.5 Å². The lowest BCUT2D eigenvalue weighted by Crippen LogP contribution is -2.01. The molecule has 1 aromatic carbocycles. The molecule has 0 amide bonds. The molecule has 0 saturated carbocycles. The third-order valence-corrected chi connectivity index (χ3v) is 3.94. The van der Waals surface area contributed by atoms with Crippen LogP contribution in [-0.4, -0.2) is 32.8 Å². The Kier molecular flexibility index (Phi) is 5.64. The molecule has 0 aliphatic rings. The Bertz CT molecular complexity index is 994. The fourth-order valence-corrected chi connectivity index (χ4v) is 2.56. The van der Waals surface area contributed by atoms with Crippen LogP contribution in [-0.2, 0) is 11.3 Å². The van der Waals surface area contributed by atoms with E-state index in [0.29, 0.717) is 40.9 Å². The van der Waals surface area contributed by atoms with Crippen LogP contribution in [0.5, 0.6) is 0 Å². The Morgan fingerprint density at radius 3 is 2.81 bits per heavy atom. The van der Waals surface area contributed by atoms with E-state index >= 15 is 0 Å². The molecule has 0 bridgehead atoms. The summed E-state index contributed by atoms with van der Waals surface area (Å²) >= 11 is 6.23. The number of halogens is 1. The smallest absolute Gasteiger partial charge is 0.337 e. The van der Waals surface area contributed by atoms with E-state index < -0.39 is 5.97 Å². The molecule has 27 heavy (non-hydrogen) atoms. The van der Waals surface area contributed by atoms with Crippen LogP contribution in [0.15, 0.2) is 42.9 Å². The minimum atomic E-state index is -0.411. The van der Waals surface area contributed by atoms with E-state index in [1.54, 1.807) is 41.3 Å². The summed E-state index contributed by atoms with van der Waals surface area (Å²) in [7, 11) is 1.33. The van der Waals surface area contributed by atoms with Crippen molar-refractivity contribution in [3.8, 4) is 17.3 Å². The van der Waals surface area contributed by atoms with Gasteiger partial charge in [-0.1, -0.05) is 23.7 Å². The molecular formula is C18H15ClN6O2. The van der Waals surface area contributed by atoms with Crippen molar-refractivity contribution in [2.75, 3.05) is 12.4 Å². The van der Waals surface area contributed by atoms with E-state index in [1.807, 2.05) is 0 Å². The highest BCUT2D eigenvalue weighted by Crippen LogP contribution is 2.27. The second-order valence-corrected chi connectivity index (χ2v) is 5.89. The lowest BCUT2D eigenvalue weighted by atomic mass is 10.1. The summed E-state index contributed by atoms with van der Waals surface area (Å²) in [6, 6.07) is 8.84. The number of ether oxygens (including phenoxy) is 1. The first-order chi connectivity index (χ1) is 13.1. The Labute approximate surface area is 160 Å². The number of benzene rings is 1. The number of esters is 1. The summed E-state index contributed by atoms with van der Waals surface area (Å²) in [4.78, 5) is 20.2. The first-order valence-corrected chi connectivity index (χ1v) is 8.36. The molecule has 0 radical (unpaired) electrons. The van der Waals surface area contributed by atoms with E-state index in [1.165, 1.54) is 13.3 Å². The SMILES string of the molecule is COC(=O)c1ccc(-c2nc(Nc3cnn(CCC#N)c3)ncc2Cl)cc1. The number of nitrogens with one attached hydrogen (secondary N) is 1. The largest absolute Gasteiger partial charge is 0.465 e. The minimum Gasteiger partial charge on any atom is -0.465 e. The zero-order chi connectivity index (χ0) is 19.2. The Morgan fingerprint density at radius 2 is 2.11 bits per heavy atom. The van der Waals surface area contributed by atoms with Gasteiger partial charge in [0.2, 0.25) is 5.95 Å². The lowest BCUT2D eigenvalue weighted by Gasteiger charge is -2.08. The molecule has 3 rings (SSSR count). The Morgan fingerprint density at radius 1 is 1.33 bits per heavy atom. The molecule has 2 aromatic heterocycles. The molecule has 0 fully saturated rings. The summed E-state index contributed by atoms with van der Waals surface area (Å²) in [6.07, 6.45) is 5.27. The molecule has 3 aromatic rings. The number of nitrogens with zero attached hydrogens (tertiary/aromatic N) is 5. The number of methoxy groups -OCH3 is 1. The Balaban J connectivity index is 1.81. The maximum atomic E-state index is 11.5. The van der Waals surface area contributed by atoms with Gasteiger partial charge in [-0.25, -0.2) is 14.8 Å². The number of anilines is 2. The number of hydrogen-bond acceptors (Lipinski definition) is 7. The third kappa shape index (κ3) is 4.40. The minimum absolute atomic E-state index is 0.353. The second-order valence-electron chi connectivity index (χ2n) is 5.48. The normalized spacial score (nSPS) is 10.3. The molecule has 1 N–H and O–H groups in total. The maximum absolute atomic E-state index is 11.5. The first kappa shape index (κ1) is 18.4. The van der Waals surface area contributed by atoms with E-state index in [0.717, 1.165) is 5.56 Å². The van der Waals surface area contributed by atoms with Crippen molar-refractivity contribution in [3.05, 3.63) is 53.4 Å². The number of aromatic nitrogens is 4. The number of aryl methyl sites for hydroxylation is 1. The molecule has 2 heterocycles. The second kappa shape index (κ2) is 8.29. The molecule has 9 heteroatoms. The van der Waals surface area contributed by atoms with E-state index in [-0.39, 0.29) is 0 Å². The van der Waals surface area contributed by atoms with Gasteiger partial charge in [-0.15, -0.1) is 0 Å². The van der Waals surface area contributed by atoms with Gasteiger partial charge in [-0.2, -0.15) is 10.4 Å². The van der Waals surface area contributed by atoms with Crippen LogP contribution in [0.1, 0.15) is 16.8 Å². The van der Waals surface area contributed by atoms with Gasteiger partial charge in [0.15, 0.2) is 0 Å². The molecule has 0 atom stereocenters. The van der Waals surface area contributed by atoms with Crippen molar-refractivity contribution in [1.29, 1.82) is 5.26 Å². The zero-order valence-corrected chi connectivity index (χ0v) is 15.1. The quantitative estimate of drug-likeness (QED) is 0.651. The van der Waals surface area contributed by atoms with Crippen LogP contribution >= 0.6 is 11.6 Å². The molecule has 0 spiro atoms. The van der Waals surface area contributed by atoms with Crippen molar-refractivity contribution in [3.63, 3.8) is 0 Å². The van der Waals surface area contributed by atoms with E-state index in [2.05, 4.69) is 26.5 Å². The number of carbonyl (C=O) groups excluding carboxylic acids is 1. The fraction of sp³-hybridized carbons (Fsp3) is 0.167. The van der Waals surface area contributed by atoms with Gasteiger partial charge in [-0.05, 0) is 12.1 Å². The number of rotatable bonds is 6. The highest BCUT2D eigenvalue weighted by Gasteiger charge is 2.11. The summed E-state index contributed by atoms with van der Waals surface area (Å²) in [6.45, 7) is 0.511. The van der Waals surface area contributed by atoms with Crippen molar-refractivity contribution in [1.82, 2.24) is 19.7 Å². The predicted molar refractivity (Wildman–Crippen MR) is 99.6 cm³/mol. The average molecular weight is 383 g/mol. The van der Waals surface area contributed by atoms with Crippen LogP contribution in [0.2, 0.25) is 5.02 Å².